The van der Waals surface area contributed by atoms with Gasteiger partial charge in [-0.15, -0.1) is 0 Å². The Morgan fingerprint density at radius 2 is 0.835 bits per heavy atom. The fraction of sp³-hybridized carbons (Fsp3) is 0.551. The third-order valence-corrected chi connectivity index (χ3v) is 27.1. The number of amides is 3. The molecule has 2 aromatic carbocycles. The van der Waals surface area contributed by atoms with Gasteiger partial charge in [0.25, 0.3) is 0 Å². The molecule has 3 amide bonds. The topological polar surface area (TPSA) is 254 Å². The number of rotatable bonds is 24. The fourth-order valence-corrected chi connectivity index (χ4v) is 19.4. The van der Waals surface area contributed by atoms with E-state index in [0.717, 1.165) is 178 Å². The zero-order valence-electron chi connectivity index (χ0n) is 73.4. The number of pyridine rings is 4. The molecular formula is C98H130ClN13O9. The number of carbonyl (C=O) groups excluding carboxylic acids is 3. The van der Waals surface area contributed by atoms with Gasteiger partial charge in [0.1, 0.15) is 22.4 Å². The standard InChI is InChI=1S/C35H47N3O3.C32H43N5O3.C31H40ClN5O3/c1-24(2)38-23-31(21-36-38)29-7-6-8-32(20-29)37(34(39)28-15-17-35(4,40)18-16-28)22-26-9-11-27(12-10-26)30-13-14-33(41-5)25(3)19-30;1-21(2)37-20-28(18-35-37)26-13-14-33-30(16-26)36(32(39)25-9-11-29(38)12-10-25)19-23-5-7-24(8-6-23)27-15-22(3)31(40-4)34-17-27;1-20(2)37-19-26(17-35-37)24-12-13-33-29(15-24)36(31(39)23-8-10-27(38)11-9-23)18-21-4-6-22(7-5-21)25-14-28(32)30(40-3)34-16-25/h6-8,13-14,19-21,23-24,26-28,40H,9-12,15-18,22H2,1-5H3;13-18,20-21,23-25,29,38H,5-12,19H2,1-4H3;12-17,19-23,27,38H,4-11,18H2,1-3H3/t26-,27-,28?,35?;23-,24-,25-,29-;21-,22-,23-,27-. The van der Waals surface area contributed by atoms with E-state index in [9.17, 15) is 29.7 Å². The molecule has 6 aliphatic rings. The van der Waals surface area contributed by atoms with Gasteiger partial charge in [-0.05, 0) is 345 Å². The Hall–Kier alpha value is -9.35. The van der Waals surface area contributed by atoms with Crippen LogP contribution in [0.2, 0.25) is 5.02 Å². The lowest BCUT2D eigenvalue weighted by Crippen LogP contribution is -2.43. The van der Waals surface area contributed by atoms with Crippen molar-refractivity contribution in [2.75, 3.05) is 55.7 Å². The number of hydrogen-bond acceptors (Lipinski definition) is 16. The van der Waals surface area contributed by atoms with Crippen molar-refractivity contribution < 1.29 is 43.9 Å². The summed E-state index contributed by atoms with van der Waals surface area (Å²) >= 11 is 6.35. The molecule has 0 aliphatic heterocycles. The molecule has 9 aromatic rings. The van der Waals surface area contributed by atoms with Gasteiger partial charge in [0.05, 0.1) is 57.7 Å². The Balaban J connectivity index is 0.000000157. The Kier molecular flexibility index (Phi) is 30.5. The molecule has 0 unspecified atom stereocenters. The number of aromatic nitrogens is 10. The van der Waals surface area contributed by atoms with E-state index in [2.05, 4.69) is 145 Å². The lowest BCUT2D eigenvalue weighted by molar-refractivity contribution is -0.125. The summed E-state index contributed by atoms with van der Waals surface area (Å²) in [5.74, 6) is 6.48. The molecule has 6 aliphatic carbocycles. The molecule has 22 nitrogen and oxygen atoms in total. The predicted octanol–water partition coefficient (Wildman–Crippen LogP) is 20.2. The lowest BCUT2D eigenvalue weighted by Gasteiger charge is -2.37. The monoisotopic (exact) mass is 1670 g/mol. The van der Waals surface area contributed by atoms with Crippen molar-refractivity contribution in [3.63, 3.8) is 0 Å². The van der Waals surface area contributed by atoms with Gasteiger partial charge in [0, 0.05) is 127 Å². The number of methoxy groups -OCH3 is 3. The normalized spacial score (nSPS) is 23.8. The number of aliphatic hydroxyl groups excluding tert-OH is 2. The number of halogens is 1. The number of ether oxygens (including phenoxy) is 3. The molecule has 6 fully saturated rings. The second-order valence-electron chi connectivity index (χ2n) is 36.6. The zero-order chi connectivity index (χ0) is 85.6. The molecule has 7 aromatic heterocycles. The van der Waals surface area contributed by atoms with Gasteiger partial charge in [-0.1, -0.05) is 35.9 Å². The predicted molar refractivity (Wildman–Crippen MR) is 478 cm³/mol. The Bertz CT molecular complexity index is 4670. The Labute approximate surface area is 721 Å². The van der Waals surface area contributed by atoms with Crippen LogP contribution in [0, 0.1) is 49.4 Å². The smallest absolute Gasteiger partial charge is 0.232 e. The van der Waals surface area contributed by atoms with Crippen molar-refractivity contribution in [1.82, 2.24) is 49.3 Å². The molecule has 0 bridgehead atoms. The van der Waals surface area contributed by atoms with Crippen molar-refractivity contribution in [2.24, 2.45) is 35.5 Å². The maximum absolute atomic E-state index is 14.1. The van der Waals surface area contributed by atoms with Gasteiger partial charge in [0.2, 0.25) is 29.5 Å². The Morgan fingerprint density at radius 1 is 0.438 bits per heavy atom. The van der Waals surface area contributed by atoms with Crippen molar-refractivity contribution in [3.05, 3.63) is 174 Å². The fourth-order valence-electron chi connectivity index (χ4n) is 19.2. The molecular weight excluding hydrogens is 1540 g/mol. The van der Waals surface area contributed by atoms with Crippen LogP contribution < -0.4 is 28.9 Å². The van der Waals surface area contributed by atoms with Gasteiger partial charge in [-0.3, -0.25) is 38.2 Å². The quantitative estimate of drug-likeness (QED) is 0.0508. The molecule has 0 saturated heterocycles. The summed E-state index contributed by atoms with van der Waals surface area (Å²) in [6.45, 7) is 20.8. The molecule has 0 radical (unpaired) electrons. The maximum atomic E-state index is 14.1. The molecule has 7 heterocycles. The minimum absolute atomic E-state index is 0.0406. The summed E-state index contributed by atoms with van der Waals surface area (Å²) in [7, 11) is 4.96. The summed E-state index contributed by atoms with van der Waals surface area (Å²) in [6.07, 6.45) is 40.0. The summed E-state index contributed by atoms with van der Waals surface area (Å²) in [5.41, 5.74) is 12.6. The van der Waals surface area contributed by atoms with Crippen LogP contribution in [-0.2, 0) is 14.4 Å². The highest BCUT2D eigenvalue weighted by Crippen LogP contribution is 2.45. The van der Waals surface area contributed by atoms with Gasteiger partial charge >= 0.3 is 0 Å². The molecule has 648 valence electrons. The van der Waals surface area contributed by atoms with Crippen LogP contribution in [-0.4, -0.2) is 141 Å². The van der Waals surface area contributed by atoms with E-state index in [0.29, 0.717) is 122 Å². The summed E-state index contributed by atoms with van der Waals surface area (Å²) < 4.78 is 21.9. The molecule has 0 spiro atoms. The zero-order valence-corrected chi connectivity index (χ0v) is 74.2. The summed E-state index contributed by atoms with van der Waals surface area (Å²) in [4.78, 5) is 66.2. The third kappa shape index (κ3) is 22.9. The van der Waals surface area contributed by atoms with E-state index in [-0.39, 0.29) is 59.8 Å². The highest BCUT2D eigenvalue weighted by Gasteiger charge is 2.39. The van der Waals surface area contributed by atoms with Crippen molar-refractivity contribution >= 4 is 46.6 Å². The number of carbonyl (C=O) groups is 3. The highest BCUT2D eigenvalue weighted by molar-refractivity contribution is 6.31. The van der Waals surface area contributed by atoms with Crippen LogP contribution >= 0.6 is 11.6 Å². The van der Waals surface area contributed by atoms with E-state index in [1.807, 2.05) is 105 Å². The second-order valence-corrected chi connectivity index (χ2v) is 37.0. The van der Waals surface area contributed by atoms with Crippen LogP contribution in [0.3, 0.4) is 0 Å². The van der Waals surface area contributed by atoms with Crippen LogP contribution in [0.5, 0.6) is 17.5 Å². The van der Waals surface area contributed by atoms with E-state index < -0.39 is 5.60 Å². The number of aliphatic hydroxyl groups is 3. The maximum Gasteiger partial charge on any atom is 0.232 e. The summed E-state index contributed by atoms with van der Waals surface area (Å²) in [5, 5.41) is 44.7. The van der Waals surface area contributed by atoms with E-state index in [1.165, 1.54) is 16.7 Å². The SMILES string of the molecule is COc1ccc([C@H]2CC[C@H](CN(C(=O)C3CCC(C)(O)CC3)c3cccc(-c4cnn(C(C)C)c4)c3)CC2)cc1C.COc1ncc([C@H]2CC[C@H](CN(c3cc(-c4cnn(C(C)C)c4)ccn3)C(=O)[C@H]3CC[C@H](O)CC3)CC2)cc1C.COc1ncc([C@H]2CC[C@H](CN(c3cc(-c4cnn(C(C)C)c4)ccn3)C(=O)[C@H]3CC[C@H](O)CC3)CC2)cc1Cl. The van der Waals surface area contributed by atoms with Crippen LogP contribution in [0.4, 0.5) is 17.3 Å². The molecule has 6 saturated carbocycles. The van der Waals surface area contributed by atoms with Gasteiger partial charge in [-0.25, -0.2) is 19.9 Å². The average molecular weight is 1670 g/mol. The number of benzene rings is 2. The van der Waals surface area contributed by atoms with E-state index in [1.54, 1.807) is 33.7 Å². The first-order chi connectivity index (χ1) is 58.3. The minimum Gasteiger partial charge on any atom is -0.496 e. The van der Waals surface area contributed by atoms with Crippen molar-refractivity contribution in [2.45, 2.75) is 270 Å². The van der Waals surface area contributed by atoms with Gasteiger partial charge in [-0.2, -0.15) is 15.3 Å². The minimum atomic E-state index is -0.656. The average Bonchev–Trinajstić information content (AvgIpc) is 1.57. The van der Waals surface area contributed by atoms with Crippen LogP contribution in [0.25, 0.3) is 33.4 Å². The molecule has 3 N–H and O–H groups in total. The first-order valence-corrected chi connectivity index (χ1v) is 45.2. The molecule has 121 heavy (non-hydrogen) atoms. The molecule has 0 atom stereocenters. The van der Waals surface area contributed by atoms with Gasteiger partial charge in [0.15, 0.2) is 0 Å². The summed E-state index contributed by atoms with van der Waals surface area (Å²) in [6, 6.07) is 28.1. The van der Waals surface area contributed by atoms with Crippen molar-refractivity contribution in [1.29, 1.82) is 0 Å². The molecule has 15 rings (SSSR count). The number of hydrogen-bond donors (Lipinski definition) is 3. The number of nitrogens with zero attached hydrogens (tertiary/aromatic N) is 13. The first kappa shape index (κ1) is 89.4. The van der Waals surface area contributed by atoms with E-state index in [4.69, 9.17) is 30.8 Å². The first-order valence-electron chi connectivity index (χ1n) is 44.8. The molecule has 23 heteroatoms. The largest absolute Gasteiger partial charge is 0.496 e. The number of aryl methyl sites for hydroxylation is 2. The number of anilines is 3. The van der Waals surface area contributed by atoms with Crippen molar-refractivity contribution in [3.8, 4) is 50.9 Å². The second kappa shape index (κ2) is 41.2. The Morgan fingerprint density at radius 3 is 1.24 bits per heavy atom. The van der Waals surface area contributed by atoms with Crippen LogP contribution in [0.15, 0.2) is 141 Å². The third-order valence-electron chi connectivity index (χ3n) is 26.9. The van der Waals surface area contributed by atoms with Gasteiger partial charge < -0.3 is 34.4 Å². The lowest BCUT2D eigenvalue weighted by atomic mass is 9.77. The van der Waals surface area contributed by atoms with Crippen LogP contribution in [0.1, 0.15) is 266 Å². The highest BCUT2D eigenvalue weighted by atomic mass is 35.5. The van der Waals surface area contributed by atoms with E-state index >= 15 is 0 Å².